The molecule has 2 heterocycles. The molecule has 0 amide bonds. The Morgan fingerprint density at radius 2 is 1.62 bits per heavy atom. The van der Waals surface area contributed by atoms with E-state index in [1.165, 1.54) is 22.3 Å². The van der Waals surface area contributed by atoms with Crippen LogP contribution in [0, 0.1) is 20.8 Å². The fourth-order valence-electron chi connectivity index (χ4n) is 3.97. The number of anilines is 3. The highest BCUT2D eigenvalue weighted by molar-refractivity contribution is 5.64. The lowest BCUT2D eigenvalue weighted by Gasteiger charge is -2.35. The normalized spacial score (nSPS) is 14.8. The first kappa shape index (κ1) is 19.3. The molecule has 4 rings (SSSR count). The Balaban J connectivity index is 1.41. The van der Waals surface area contributed by atoms with Gasteiger partial charge in [0.1, 0.15) is 0 Å². The van der Waals surface area contributed by atoms with Gasteiger partial charge < -0.3 is 10.2 Å². The summed E-state index contributed by atoms with van der Waals surface area (Å²) in [7, 11) is 0. The second kappa shape index (κ2) is 8.57. The van der Waals surface area contributed by atoms with Gasteiger partial charge in [-0.2, -0.15) is 10.1 Å². The molecule has 0 aliphatic carbocycles. The number of piperazine rings is 1. The van der Waals surface area contributed by atoms with Crippen molar-refractivity contribution in [2.75, 3.05) is 36.4 Å². The number of aryl methyl sites for hydroxylation is 3. The van der Waals surface area contributed by atoms with Crippen LogP contribution in [-0.2, 0) is 6.54 Å². The third-order valence-electron chi connectivity index (χ3n) is 5.41. The molecule has 0 unspecified atom stereocenters. The summed E-state index contributed by atoms with van der Waals surface area (Å²) < 4.78 is 0. The van der Waals surface area contributed by atoms with Crippen LogP contribution < -0.4 is 10.2 Å². The van der Waals surface area contributed by atoms with Crippen molar-refractivity contribution in [3.05, 3.63) is 70.9 Å². The second-order valence-corrected chi connectivity index (χ2v) is 7.79. The summed E-state index contributed by atoms with van der Waals surface area (Å²) in [4.78, 5) is 9.50. The third kappa shape index (κ3) is 4.71. The molecule has 1 fully saturated rings. The molecule has 29 heavy (non-hydrogen) atoms. The summed E-state index contributed by atoms with van der Waals surface area (Å²) in [6.45, 7) is 11.2. The van der Waals surface area contributed by atoms with Crippen molar-refractivity contribution in [3.63, 3.8) is 0 Å². The molecule has 0 radical (unpaired) electrons. The summed E-state index contributed by atoms with van der Waals surface area (Å²) in [6.07, 6.45) is 1.76. The maximum Gasteiger partial charge on any atom is 0.249 e. The molecule has 150 valence electrons. The Labute approximate surface area is 172 Å². The maximum atomic E-state index is 4.73. The average molecular weight is 389 g/mol. The van der Waals surface area contributed by atoms with Crippen LogP contribution >= 0.6 is 0 Å². The van der Waals surface area contributed by atoms with E-state index in [1.807, 2.05) is 0 Å². The van der Waals surface area contributed by atoms with E-state index in [1.54, 1.807) is 6.20 Å². The number of rotatable bonds is 5. The summed E-state index contributed by atoms with van der Waals surface area (Å²) in [5, 5.41) is 11.8. The number of nitrogens with one attached hydrogen (secondary N) is 1. The highest BCUT2D eigenvalue weighted by Gasteiger charge is 2.19. The van der Waals surface area contributed by atoms with Crippen molar-refractivity contribution in [1.82, 2.24) is 20.1 Å². The van der Waals surface area contributed by atoms with Gasteiger partial charge in [-0.1, -0.05) is 48.0 Å². The molecule has 0 spiro atoms. The fraction of sp³-hybridized carbons (Fsp3) is 0.348. The van der Waals surface area contributed by atoms with Crippen molar-refractivity contribution in [2.45, 2.75) is 27.3 Å². The first-order chi connectivity index (χ1) is 14.1. The predicted molar refractivity (Wildman–Crippen MR) is 118 cm³/mol. The molecule has 6 heteroatoms. The van der Waals surface area contributed by atoms with Crippen LogP contribution in [0.1, 0.15) is 22.3 Å². The molecule has 1 saturated heterocycles. The largest absolute Gasteiger partial charge is 0.353 e. The summed E-state index contributed by atoms with van der Waals surface area (Å²) in [5.41, 5.74) is 6.05. The number of aromatic nitrogens is 3. The van der Waals surface area contributed by atoms with Crippen LogP contribution in [0.5, 0.6) is 0 Å². The highest BCUT2D eigenvalue weighted by atomic mass is 15.3. The van der Waals surface area contributed by atoms with Gasteiger partial charge in [0.15, 0.2) is 5.82 Å². The van der Waals surface area contributed by atoms with Gasteiger partial charge in [-0.25, -0.2) is 0 Å². The van der Waals surface area contributed by atoms with Gasteiger partial charge in [0.2, 0.25) is 5.95 Å². The highest BCUT2D eigenvalue weighted by Crippen LogP contribution is 2.25. The SMILES string of the molecule is Cc1cc(C)c(Nc2nncc(N3CCN(Cc4ccccc4)CC3)n2)c(C)c1. The van der Waals surface area contributed by atoms with Crippen molar-refractivity contribution in [1.29, 1.82) is 0 Å². The number of hydrogen-bond donors (Lipinski definition) is 1. The first-order valence-corrected chi connectivity index (χ1v) is 10.1. The number of nitrogens with zero attached hydrogens (tertiary/aromatic N) is 5. The maximum absolute atomic E-state index is 4.73. The molecule has 0 bridgehead atoms. The van der Waals surface area contributed by atoms with Crippen molar-refractivity contribution in [2.24, 2.45) is 0 Å². The average Bonchev–Trinajstić information content (AvgIpc) is 2.72. The monoisotopic (exact) mass is 388 g/mol. The van der Waals surface area contributed by atoms with Crippen LogP contribution in [0.3, 0.4) is 0 Å². The smallest absolute Gasteiger partial charge is 0.249 e. The Bertz CT molecular complexity index is 941. The molecule has 1 aliphatic rings. The molecule has 1 aliphatic heterocycles. The number of benzene rings is 2. The predicted octanol–water partition coefficient (Wildman–Crippen LogP) is 3.86. The Kier molecular flexibility index (Phi) is 5.71. The molecule has 0 atom stereocenters. The van der Waals surface area contributed by atoms with E-state index in [4.69, 9.17) is 4.98 Å². The number of hydrogen-bond acceptors (Lipinski definition) is 6. The van der Waals surface area contributed by atoms with Crippen LogP contribution in [0.2, 0.25) is 0 Å². The molecular weight excluding hydrogens is 360 g/mol. The van der Waals surface area contributed by atoms with Crippen LogP contribution in [0.25, 0.3) is 0 Å². The van der Waals surface area contributed by atoms with Crippen molar-refractivity contribution >= 4 is 17.5 Å². The third-order valence-corrected chi connectivity index (χ3v) is 5.41. The van der Waals surface area contributed by atoms with Gasteiger partial charge >= 0.3 is 0 Å². The Morgan fingerprint density at radius 3 is 2.31 bits per heavy atom. The molecule has 1 N–H and O–H groups in total. The molecule has 6 nitrogen and oxygen atoms in total. The zero-order valence-electron chi connectivity index (χ0n) is 17.4. The molecule has 1 aromatic heterocycles. The van der Waals surface area contributed by atoms with Crippen molar-refractivity contribution < 1.29 is 0 Å². The van der Waals surface area contributed by atoms with Crippen LogP contribution in [0.15, 0.2) is 48.7 Å². The van der Waals surface area contributed by atoms with Crippen molar-refractivity contribution in [3.8, 4) is 0 Å². The van der Waals surface area contributed by atoms with E-state index < -0.39 is 0 Å². The molecular formula is C23H28N6. The van der Waals surface area contributed by atoms with Crippen LogP contribution in [0.4, 0.5) is 17.5 Å². The summed E-state index contributed by atoms with van der Waals surface area (Å²) in [6, 6.07) is 15.0. The second-order valence-electron chi connectivity index (χ2n) is 7.79. The molecule has 2 aromatic carbocycles. The standard InChI is InChI=1S/C23H28N6/c1-17-13-18(2)22(19(3)14-17)26-23-25-21(15-24-27-23)29-11-9-28(10-12-29)16-20-7-5-4-6-8-20/h4-8,13-15H,9-12,16H2,1-3H3,(H,25,26,27). The lowest BCUT2D eigenvalue weighted by molar-refractivity contribution is 0.249. The summed E-state index contributed by atoms with van der Waals surface area (Å²) in [5.74, 6) is 1.42. The van der Waals surface area contributed by atoms with Gasteiger partial charge in [-0.15, -0.1) is 5.10 Å². The quantitative estimate of drug-likeness (QED) is 0.716. The van der Waals surface area contributed by atoms with Gasteiger partial charge in [0.25, 0.3) is 0 Å². The zero-order valence-corrected chi connectivity index (χ0v) is 17.4. The first-order valence-electron chi connectivity index (χ1n) is 10.1. The van der Waals surface area contributed by atoms with Gasteiger partial charge in [-0.3, -0.25) is 4.90 Å². The van der Waals surface area contributed by atoms with E-state index in [9.17, 15) is 0 Å². The van der Waals surface area contributed by atoms with Gasteiger partial charge in [0.05, 0.1) is 6.20 Å². The topological polar surface area (TPSA) is 57.2 Å². The minimum absolute atomic E-state index is 0.546. The molecule has 0 saturated carbocycles. The van der Waals surface area contributed by atoms with E-state index in [0.29, 0.717) is 5.95 Å². The van der Waals surface area contributed by atoms with Crippen LogP contribution in [-0.4, -0.2) is 46.3 Å². The minimum atomic E-state index is 0.546. The minimum Gasteiger partial charge on any atom is -0.353 e. The van der Waals surface area contributed by atoms with E-state index >= 15 is 0 Å². The zero-order chi connectivity index (χ0) is 20.2. The van der Waals surface area contributed by atoms with Gasteiger partial charge in [-0.05, 0) is 37.5 Å². The Morgan fingerprint density at radius 1 is 0.931 bits per heavy atom. The lowest BCUT2D eigenvalue weighted by atomic mass is 10.1. The molecule has 3 aromatic rings. The Hall–Kier alpha value is -2.99. The van der Waals surface area contributed by atoms with E-state index in [-0.39, 0.29) is 0 Å². The van der Waals surface area contributed by atoms with Gasteiger partial charge in [0, 0.05) is 38.4 Å². The lowest BCUT2D eigenvalue weighted by Crippen LogP contribution is -2.46. The van der Waals surface area contributed by atoms with E-state index in [2.05, 4.69) is 88.5 Å². The van der Waals surface area contributed by atoms with E-state index in [0.717, 1.165) is 44.2 Å². The fourth-order valence-corrected chi connectivity index (χ4v) is 3.97. The summed E-state index contributed by atoms with van der Waals surface area (Å²) >= 11 is 0.